The highest BCUT2D eigenvalue weighted by atomic mass is 16.5. The molecule has 1 aliphatic rings. The van der Waals surface area contributed by atoms with E-state index in [1.54, 1.807) is 61.5 Å². The number of carbonyl (C=O) groups is 2. The van der Waals surface area contributed by atoms with Crippen molar-refractivity contribution in [2.24, 2.45) is 5.41 Å². The monoisotopic (exact) mass is 354 g/mol. The molecule has 26 heavy (non-hydrogen) atoms. The molecule has 0 aliphatic carbocycles. The third-order valence-corrected chi connectivity index (χ3v) is 4.40. The van der Waals surface area contributed by atoms with Gasteiger partial charge in [0.1, 0.15) is 18.1 Å². The SMILES string of the molecule is COc1ccc(C(=O)Nc2ccc3c(c2)OCC(C)(C)C(=O)N3C)cc1. The second-order valence-electron chi connectivity index (χ2n) is 6.90. The number of methoxy groups -OCH3 is 1. The Hall–Kier alpha value is -3.02. The molecule has 2 aromatic rings. The summed E-state index contributed by atoms with van der Waals surface area (Å²) >= 11 is 0. The maximum Gasteiger partial charge on any atom is 0.255 e. The largest absolute Gasteiger partial charge is 0.497 e. The van der Waals surface area contributed by atoms with E-state index >= 15 is 0 Å². The van der Waals surface area contributed by atoms with Crippen molar-refractivity contribution in [3.8, 4) is 11.5 Å². The molecule has 0 radical (unpaired) electrons. The van der Waals surface area contributed by atoms with E-state index in [1.165, 1.54) is 0 Å². The van der Waals surface area contributed by atoms with Gasteiger partial charge in [0.2, 0.25) is 5.91 Å². The van der Waals surface area contributed by atoms with E-state index in [2.05, 4.69) is 5.32 Å². The summed E-state index contributed by atoms with van der Waals surface area (Å²) in [7, 11) is 3.31. The van der Waals surface area contributed by atoms with Crippen LogP contribution in [0, 0.1) is 5.41 Å². The summed E-state index contributed by atoms with van der Waals surface area (Å²) in [5.74, 6) is 1.02. The standard InChI is InChI=1S/C20H22N2O4/c1-20(2)12-26-17-11-14(7-10-16(17)22(3)19(20)24)21-18(23)13-5-8-15(25-4)9-6-13/h5-11H,12H2,1-4H3,(H,21,23). The van der Waals surface area contributed by atoms with Gasteiger partial charge in [-0.25, -0.2) is 0 Å². The molecule has 0 spiro atoms. The fraction of sp³-hybridized carbons (Fsp3) is 0.300. The lowest BCUT2D eigenvalue weighted by Gasteiger charge is -2.24. The molecule has 1 heterocycles. The summed E-state index contributed by atoms with van der Waals surface area (Å²) in [4.78, 5) is 26.5. The van der Waals surface area contributed by atoms with Crippen molar-refractivity contribution in [3.63, 3.8) is 0 Å². The lowest BCUT2D eigenvalue weighted by atomic mass is 9.93. The Labute approximate surface area is 152 Å². The van der Waals surface area contributed by atoms with Crippen molar-refractivity contribution in [1.29, 1.82) is 0 Å². The lowest BCUT2D eigenvalue weighted by Crippen LogP contribution is -2.39. The summed E-state index contributed by atoms with van der Waals surface area (Å²) in [5.41, 5.74) is 1.20. The molecular weight excluding hydrogens is 332 g/mol. The molecule has 0 atom stereocenters. The molecule has 0 bridgehead atoms. The number of nitrogens with zero attached hydrogens (tertiary/aromatic N) is 1. The second kappa shape index (κ2) is 6.71. The number of ether oxygens (including phenoxy) is 2. The predicted molar refractivity (Wildman–Crippen MR) is 100 cm³/mol. The van der Waals surface area contributed by atoms with Gasteiger partial charge in [-0.15, -0.1) is 0 Å². The minimum atomic E-state index is -0.611. The third kappa shape index (κ3) is 3.35. The number of nitrogens with one attached hydrogen (secondary N) is 1. The van der Waals surface area contributed by atoms with Crippen LogP contribution in [0.3, 0.4) is 0 Å². The molecule has 1 aliphatic heterocycles. The minimum Gasteiger partial charge on any atom is -0.497 e. The molecule has 0 saturated carbocycles. The molecule has 0 unspecified atom stereocenters. The predicted octanol–water partition coefficient (Wildman–Crippen LogP) is 3.33. The topological polar surface area (TPSA) is 67.9 Å². The van der Waals surface area contributed by atoms with E-state index in [4.69, 9.17) is 9.47 Å². The molecule has 136 valence electrons. The zero-order valence-corrected chi connectivity index (χ0v) is 15.3. The van der Waals surface area contributed by atoms with Crippen molar-refractivity contribution in [3.05, 3.63) is 48.0 Å². The Balaban J connectivity index is 1.82. The van der Waals surface area contributed by atoms with Gasteiger partial charge in [0.05, 0.1) is 18.2 Å². The maximum absolute atomic E-state index is 12.5. The summed E-state index contributed by atoms with van der Waals surface area (Å²) in [6.07, 6.45) is 0. The first-order chi connectivity index (χ1) is 12.3. The average Bonchev–Trinajstić information content (AvgIpc) is 2.72. The van der Waals surface area contributed by atoms with Crippen LogP contribution in [0.25, 0.3) is 0 Å². The number of anilines is 2. The summed E-state index contributed by atoms with van der Waals surface area (Å²) in [6.45, 7) is 3.98. The van der Waals surface area contributed by atoms with Crippen molar-refractivity contribution >= 4 is 23.2 Å². The number of hydrogen-bond donors (Lipinski definition) is 1. The Morgan fingerprint density at radius 1 is 1.19 bits per heavy atom. The van der Waals surface area contributed by atoms with Crippen molar-refractivity contribution in [2.45, 2.75) is 13.8 Å². The first-order valence-electron chi connectivity index (χ1n) is 8.32. The number of rotatable bonds is 3. The molecule has 2 amide bonds. The number of fused-ring (bicyclic) bond motifs is 1. The molecular formula is C20H22N2O4. The highest BCUT2D eigenvalue weighted by molar-refractivity contribution is 6.05. The zero-order chi connectivity index (χ0) is 18.9. The van der Waals surface area contributed by atoms with Crippen LogP contribution in [0.5, 0.6) is 11.5 Å². The first-order valence-corrected chi connectivity index (χ1v) is 8.32. The molecule has 1 N–H and O–H groups in total. The van der Waals surface area contributed by atoms with Crippen LogP contribution in [-0.2, 0) is 4.79 Å². The Morgan fingerprint density at radius 3 is 2.54 bits per heavy atom. The first kappa shape index (κ1) is 17.8. The summed E-state index contributed by atoms with van der Waals surface area (Å²) in [5, 5.41) is 2.85. The normalized spacial score (nSPS) is 15.5. The fourth-order valence-corrected chi connectivity index (χ4v) is 2.81. The molecule has 3 rings (SSSR count). The van der Waals surface area contributed by atoms with Gasteiger partial charge in [-0.2, -0.15) is 0 Å². The minimum absolute atomic E-state index is 0.00808. The third-order valence-electron chi connectivity index (χ3n) is 4.40. The maximum atomic E-state index is 12.5. The van der Waals surface area contributed by atoms with Gasteiger partial charge < -0.3 is 19.7 Å². The van der Waals surface area contributed by atoms with Crippen LogP contribution < -0.4 is 19.7 Å². The van der Waals surface area contributed by atoms with Gasteiger partial charge in [-0.3, -0.25) is 9.59 Å². The van der Waals surface area contributed by atoms with Gasteiger partial charge in [0.25, 0.3) is 5.91 Å². The van der Waals surface area contributed by atoms with Crippen LogP contribution >= 0.6 is 0 Å². The van der Waals surface area contributed by atoms with Crippen LogP contribution in [0.4, 0.5) is 11.4 Å². The van der Waals surface area contributed by atoms with Gasteiger partial charge in [-0.05, 0) is 50.2 Å². The van der Waals surface area contributed by atoms with Crippen molar-refractivity contribution in [2.75, 3.05) is 31.0 Å². The Morgan fingerprint density at radius 2 is 1.88 bits per heavy atom. The van der Waals surface area contributed by atoms with E-state index in [1.807, 2.05) is 13.8 Å². The molecule has 0 fully saturated rings. The molecule has 0 saturated heterocycles. The molecule has 0 aromatic heterocycles. The highest BCUT2D eigenvalue weighted by Gasteiger charge is 2.36. The van der Waals surface area contributed by atoms with E-state index in [-0.39, 0.29) is 18.4 Å². The Bertz CT molecular complexity index is 843. The van der Waals surface area contributed by atoms with E-state index in [9.17, 15) is 9.59 Å². The van der Waals surface area contributed by atoms with E-state index in [0.717, 1.165) is 0 Å². The number of amides is 2. The quantitative estimate of drug-likeness (QED) is 0.918. The highest BCUT2D eigenvalue weighted by Crippen LogP contribution is 2.37. The summed E-state index contributed by atoms with van der Waals surface area (Å²) < 4.78 is 10.9. The van der Waals surface area contributed by atoms with E-state index < -0.39 is 5.41 Å². The smallest absolute Gasteiger partial charge is 0.255 e. The van der Waals surface area contributed by atoms with Crippen LogP contribution in [-0.4, -0.2) is 32.6 Å². The average molecular weight is 354 g/mol. The second-order valence-corrected chi connectivity index (χ2v) is 6.90. The van der Waals surface area contributed by atoms with Crippen LogP contribution in [0.1, 0.15) is 24.2 Å². The number of benzene rings is 2. The fourth-order valence-electron chi connectivity index (χ4n) is 2.81. The van der Waals surface area contributed by atoms with Gasteiger partial charge in [0, 0.05) is 24.4 Å². The van der Waals surface area contributed by atoms with Gasteiger partial charge in [0.15, 0.2) is 0 Å². The Kier molecular flexibility index (Phi) is 4.59. The van der Waals surface area contributed by atoms with E-state index in [0.29, 0.717) is 28.4 Å². The number of hydrogen-bond acceptors (Lipinski definition) is 4. The molecule has 2 aromatic carbocycles. The summed E-state index contributed by atoms with van der Waals surface area (Å²) in [6, 6.07) is 12.1. The van der Waals surface area contributed by atoms with Gasteiger partial charge >= 0.3 is 0 Å². The zero-order valence-electron chi connectivity index (χ0n) is 15.3. The van der Waals surface area contributed by atoms with Crippen molar-refractivity contribution < 1.29 is 19.1 Å². The molecule has 6 nitrogen and oxygen atoms in total. The van der Waals surface area contributed by atoms with Gasteiger partial charge in [-0.1, -0.05) is 0 Å². The van der Waals surface area contributed by atoms with Crippen molar-refractivity contribution in [1.82, 2.24) is 0 Å². The van der Waals surface area contributed by atoms with Crippen LogP contribution in [0.2, 0.25) is 0 Å². The number of carbonyl (C=O) groups excluding carboxylic acids is 2. The molecule has 6 heteroatoms. The van der Waals surface area contributed by atoms with Crippen LogP contribution in [0.15, 0.2) is 42.5 Å². The lowest BCUT2D eigenvalue weighted by molar-refractivity contribution is -0.127.